The highest BCUT2D eigenvalue weighted by Crippen LogP contribution is 2.53. The summed E-state index contributed by atoms with van der Waals surface area (Å²) in [5.41, 5.74) is 2.82. The fraction of sp³-hybridized carbons (Fsp3) is 0.320. The number of fused-ring (bicyclic) bond motifs is 3. The Labute approximate surface area is 199 Å². The molecule has 0 aliphatic heterocycles. The van der Waals surface area contributed by atoms with Crippen molar-refractivity contribution in [1.29, 1.82) is 0 Å². The summed E-state index contributed by atoms with van der Waals surface area (Å²) in [5, 5.41) is 44.2. The number of aliphatic hydroxyl groups excluding tert-OH is 2. The maximum atomic E-state index is 13.8. The van der Waals surface area contributed by atoms with E-state index in [2.05, 4.69) is 0 Å². The van der Waals surface area contributed by atoms with Gasteiger partial charge in [0.15, 0.2) is 11.4 Å². The molecular weight excluding hydrogens is 456 g/mol. The van der Waals surface area contributed by atoms with Crippen LogP contribution < -0.4 is 5.73 Å². The summed E-state index contributed by atoms with van der Waals surface area (Å²) in [5.74, 6) is -6.28. The van der Waals surface area contributed by atoms with Crippen molar-refractivity contribution in [3.05, 3.63) is 58.6 Å². The van der Waals surface area contributed by atoms with Crippen LogP contribution in [0.5, 0.6) is 5.75 Å². The van der Waals surface area contributed by atoms with Crippen LogP contribution in [0.15, 0.2) is 51.9 Å². The summed E-state index contributed by atoms with van der Waals surface area (Å²) in [6, 6.07) is 5.31. The zero-order chi connectivity index (χ0) is 25.4. The van der Waals surface area contributed by atoms with Gasteiger partial charge < -0.3 is 30.6 Å². The third-order valence-electron chi connectivity index (χ3n) is 7.39. The highest BCUT2D eigenvalue weighted by molar-refractivity contribution is 6.24. The highest BCUT2D eigenvalue weighted by Gasteiger charge is 2.64. The van der Waals surface area contributed by atoms with E-state index in [0.717, 1.165) is 0 Å². The first-order chi connectivity index (χ1) is 16.5. The molecule has 2 aromatic rings. The van der Waals surface area contributed by atoms with E-state index in [0.29, 0.717) is 16.9 Å². The number of rotatable bonds is 3. The minimum atomic E-state index is -2.65. The van der Waals surface area contributed by atoms with Gasteiger partial charge in [-0.2, -0.15) is 0 Å². The number of nitrogens with zero attached hydrogens (tertiary/aromatic N) is 1. The lowest BCUT2D eigenvalue weighted by atomic mass is 9.57. The van der Waals surface area contributed by atoms with Gasteiger partial charge in [-0.25, -0.2) is 0 Å². The number of hydrogen-bond acceptors (Lipinski definition) is 9. The Balaban J connectivity index is 1.75. The molecule has 3 aliphatic carbocycles. The second-order valence-corrected chi connectivity index (χ2v) is 9.42. The average molecular weight is 480 g/mol. The van der Waals surface area contributed by atoms with E-state index < -0.39 is 58.0 Å². The Morgan fingerprint density at radius 2 is 1.89 bits per heavy atom. The van der Waals surface area contributed by atoms with Crippen LogP contribution >= 0.6 is 0 Å². The number of phenolic OH excluding ortho intramolecular Hbond substituents is 1. The van der Waals surface area contributed by atoms with Gasteiger partial charge in [0.1, 0.15) is 28.6 Å². The van der Waals surface area contributed by atoms with Gasteiger partial charge in [0.05, 0.1) is 17.9 Å². The van der Waals surface area contributed by atoms with Crippen molar-refractivity contribution in [2.45, 2.75) is 24.5 Å². The summed E-state index contributed by atoms with van der Waals surface area (Å²) in [6.07, 6.45) is 1.71. The standard InChI is InChI=1S/C25H24N2O8/c1-27(2)19-13-9-10-8-12-11(15-4-3-7-35-15)5-6-14(28)17(12)20(29)16(10)22(31)25(13,34)23(32)18(21(19)30)24(26)33/h3-7,10,13,19,28-29,32,34H,8-9H2,1-2H3,(H2,26,33). The van der Waals surface area contributed by atoms with Crippen molar-refractivity contribution < 1.29 is 39.2 Å². The Hall–Kier alpha value is -3.89. The van der Waals surface area contributed by atoms with Crippen molar-refractivity contribution in [2.24, 2.45) is 17.6 Å². The van der Waals surface area contributed by atoms with Crippen LogP contribution in [0.2, 0.25) is 0 Å². The molecule has 0 radical (unpaired) electrons. The Kier molecular flexibility index (Phi) is 4.94. The largest absolute Gasteiger partial charge is 0.508 e. The number of likely N-dealkylation sites (N-methyl/N-ethyl adjacent to an activating group) is 1. The van der Waals surface area contributed by atoms with Gasteiger partial charge in [0.2, 0.25) is 5.78 Å². The Morgan fingerprint density at radius 1 is 1.17 bits per heavy atom. The predicted octanol–water partition coefficient (Wildman–Crippen LogP) is 1.22. The van der Waals surface area contributed by atoms with Crippen LogP contribution in [0.4, 0.5) is 0 Å². The Bertz CT molecular complexity index is 1350. The smallest absolute Gasteiger partial charge is 0.255 e. The topological polar surface area (TPSA) is 175 Å². The number of carbonyl (C=O) groups is 3. The molecule has 1 fully saturated rings. The first-order valence-electron chi connectivity index (χ1n) is 11.0. The molecule has 3 aliphatic rings. The molecule has 10 nitrogen and oxygen atoms in total. The molecule has 1 aromatic heterocycles. The van der Waals surface area contributed by atoms with Crippen LogP contribution in [-0.4, -0.2) is 68.5 Å². The number of benzene rings is 1. The molecule has 0 bridgehead atoms. The molecule has 5 rings (SSSR count). The van der Waals surface area contributed by atoms with Gasteiger partial charge in [0.25, 0.3) is 5.91 Å². The number of hydrogen-bond donors (Lipinski definition) is 5. The van der Waals surface area contributed by atoms with E-state index in [9.17, 15) is 34.8 Å². The van der Waals surface area contributed by atoms with E-state index in [1.54, 1.807) is 32.3 Å². The van der Waals surface area contributed by atoms with Crippen LogP contribution in [0.25, 0.3) is 17.1 Å². The summed E-state index contributed by atoms with van der Waals surface area (Å²) in [7, 11) is 3.11. The summed E-state index contributed by atoms with van der Waals surface area (Å²) < 4.78 is 5.51. The monoisotopic (exact) mass is 480 g/mol. The molecule has 0 saturated heterocycles. The minimum absolute atomic E-state index is 0.0233. The predicted molar refractivity (Wildman–Crippen MR) is 122 cm³/mol. The van der Waals surface area contributed by atoms with Crippen LogP contribution in [-0.2, 0) is 20.8 Å². The van der Waals surface area contributed by atoms with Crippen molar-refractivity contribution in [2.75, 3.05) is 14.1 Å². The quantitative estimate of drug-likeness (QED) is 0.405. The zero-order valence-corrected chi connectivity index (χ0v) is 19.0. The number of phenols is 1. The average Bonchev–Trinajstić information content (AvgIpc) is 3.30. The van der Waals surface area contributed by atoms with Gasteiger partial charge in [-0.3, -0.25) is 19.3 Å². The van der Waals surface area contributed by atoms with Crippen LogP contribution in [0.3, 0.4) is 0 Å². The molecule has 10 heteroatoms. The number of amides is 1. The lowest BCUT2D eigenvalue weighted by Gasteiger charge is -2.50. The molecule has 182 valence electrons. The number of aliphatic hydroxyl groups is 3. The summed E-state index contributed by atoms with van der Waals surface area (Å²) >= 11 is 0. The van der Waals surface area contributed by atoms with Crippen molar-refractivity contribution in [3.63, 3.8) is 0 Å². The van der Waals surface area contributed by atoms with Gasteiger partial charge in [0, 0.05) is 17.1 Å². The normalized spacial score (nSPS) is 28.2. The summed E-state index contributed by atoms with van der Waals surface area (Å²) in [6.45, 7) is 0. The number of furan rings is 1. The van der Waals surface area contributed by atoms with Crippen LogP contribution in [0.1, 0.15) is 17.5 Å². The number of aromatic hydroxyl groups is 1. The molecule has 1 saturated carbocycles. The lowest BCUT2D eigenvalue weighted by molar-refractivity contribution is -0.153. The molecule has 0 spiro atoms. The third kappa shape index (κ3) is 2.93. The SMILES string of the molecule is CN(C)C1C(=O)C(C(N)=O)=C(O)C2(O)C(=O)C3=C(O)c4c(O)ccc(-c5ccco5)c4CC3CC12. The molecular formula is C25H24N2O8. The van der Waals surface area contributed by atoms with Gasteiger partial charge in [-0.15, -0.1) is 0 Å². The number of ketones is 2. The Morgan fingerprint density at radius 3 is 2.49 bits per heavy atom. The van der Waals surface area contributed by atoms with E-state index in [-0.39, 0.29) is 29.7 Å². The summed E-state index contributed by atoms with van der Waals surface area (Å²) in [4.78, 5) is 40.4. The maximum absolute atomic E-state index is 13.8. The number of nitrogens with two attached hydrogens (primary N) is 1. The fourth-order valence-electron chi connectivity index (χ4n) is 5.91. The van der Waals surface area contributed by atoms with E-state index >= 15 is 0 Å². The zero-order valence-electron chi connectivity index (χ0n) is 19.0. The number of carbonyl (C=O) groups excluding carboxylic acids is 3. The van der Waals surface area contributed by atoms with E-state index in [1.165, 1.54) is 17.2 Å². The number of primary amides is 1. The fourth-order valence-corrected chi connectivity index (χ4v) is 5.91. The van der Waals surface area contributed by atoms with Crippen molar-refractivity contribution in [3.8, 4) is 17.1 Å². The molecule has 1 heterocycles. The van der Waals surface area contributed by atoms with Crippen molar-refractivity contribution in [1.82, 2.24) is 4.90 Å². The van der Waals surface area contributed by atoms with Crippen LogP contribution in [0, 0.1) is 11.8 Å². The van der Waals surface area contributed by atoms with Gasteiger partial charge in [-0.05, 0) is 62.7 Å². The molecule has 4 unspecified atom stereocenters. The third-order valence-corrected chi connectivity index (χ3v) is 7.39. The maximum Gasteiger partial charge on any atom is 0.255 e. The molecule has 6 N–H and O–H groups in total. The van der Waals surface area contributed by atoms with Gasteiger partial charge in [-0.1, -0.05) is 0 Å². The minimum Gasteiger partial charge on any atom is -0.508 e. The molecule has 35 heavy (non-hydrogen) atoms. The molecule has 1 aromatic carbocycles. The number of Topliss-reactive ketones (excluding diaryl/α,β-unsaturated/α-hetero) is 2. The lowest BCUT2D eigenvalue weighted by Crippen LogP contribution is -2.65. The highest BCUT2D eigenvalue weighted by atomic mass is 16.3. The second-order valence-electron chi connectivity index (χ2n) is 9.42. The molecule has 1 amide bonds. The van der Waals surface area contributed by atoms with Gasteiger partial charge >= 0.3 is 0 Å². The first-order valence-corrected chi connectivity index (χ1v) is 11.0. The van der Waals surface area contributed by atoms with E-state index in [4.69, 9.17) is 10.2 Å². The first kappa shape index (κ1) is 22.9. The molecule has 4 atom stereocenters. The van der Waals surface area contributed by atoms with E-state index in [1.807, 2.05) is 0 Å². The van der Waals surface area contributed by atoms with Crippen molar-refractivity contribution >= 4 is 23.2 Å². The second kappa shape index (κ2) is 7.56.